The van der Waals surface area contributed by atoms with Gasteiger partial charge in [0.2, 0.25) is 0 Å². The summed E-state index contributed by atoms with van der Waals surface area (Å²) in [7, 11) is 0. The van der Waals surface area contributed by atoms with Crippen LogP contribution in [0.3, 0.4) is 0 Å². The minimum absolute atomic E-state index is 0.267. The molecule has 3 heteroatoms. The van der Waals surface area contributed by atoms with Gasteiger partial charge in [-0.25, -0.2) is 4.39 Å². The van der Waals surface area contributed by atoms with E-state index < -0.39 is 0 Å². The maximum atomic E-state index is 11.4. The van der Waals surface area contributed by atoms with E-state index in [9.17, 15) is 8.78 Å². The van der Waals surface area contributed by atoms with Crippen LogP contribution in [0.1, 0.15) is 12.8 Å². The Hall–Kier alpha value is -0.180. The fraction of sp³-hybridized carbons (Fsp3) is 1.00. The van der Waals surface area contributed by atoms with Crippen molar-refractivity contribution in [1.29, 1.82) is 0 Å². The molecular weight excluding hydrogens is 124 g/mol. The van der Waals surface area contributed by atoms with Crippen molar-refractivity contribution in [2.24, 2.45) is 0 Å². The van der Waals surface area contributed by atoms with E-state index in [2.05, 4.69) is 5.32 Å². The van der Waals surface area contributed by atoms with Crippen molar-refractivity contribution in [3.05, 3.63) is 0 Å². The van der Waals surface area contributed by atoms with Gasteiger partial charge in [-0.15, -0.1) is 0 Å². The molecule has 0 radical (unpaired) electrons. The van der Waals surface area contributed by atoms with Crippen molar-refractivity contribution in [3.63, 3.8) is 0 Å². The lowest BCUT2D eigenvalue weighted by Crippen LogP contribution is -2.17. The maximum Gasteiger partial charge on any atom is 0.102 e. The normalized spacial score (nSPS) is 10.0. The van der Waals surface area contributed by atoms with Gasteiger partial charge in [-0.3, -0.25) is 4.39 Å². The largest absolute Gasteiger partial charge is 0.314 e. The van der Waals surface area contributed by atoms with Crippen LogP contribution in [-0.4, -0.2) is 26.4 Å². The Balaban J connectivity index is 2.60. The third-order valence-electron chi connectivity index (χ3n) is 1.01. The molecule has 0 aliphatic carbocycles. The predicted molar refractivity (Wildman–Crippen MR) is 34.1 cm³/mol. The van der Waals surface area contributed by atoms with E-state index in [4.69, 9.17) is 0 Å². The smallest absolute Gasteiger partial charge is 0.102 e. The zero-order chi connectivity index (χ0) is 6.95. The molecule has 1 nitrogen and oxygen atoms in total. The van der Waals surface area contributed by atoms with Gasteiger partial charge < -0.3 is 5.32 Å². The van der Waals surface area contributed by atoms with Gasteiger partial charge in [0.15, 0.2) is 0 Å². The average molecular weight is 137 g/mol. The molecule has 0 fully saturated rings. The lowest BCUT2D eigenvalue weighted by molar-refractivity contribution is 0.438. The fourth-order valence-electron chi connectivity index (χ4n) is 0.536. The summed E-state index contributed by atoms with van der Waals surface area (Å²) in [6, 6.07) is 0. The molecule has 56 valence electrons. The van der Waals surface area contributed by atoms with Crippen LogP contribution in [0.5, 0.6) is 0 Å². The van der Waals surface area contributed by atoms with Crippen molar-refractivity contribution >= 4 is 0 Å². The topological polar surface area (TPSA) is 12.0 Å². The van der Waals surface area contributed by atoms with Gasteiger partial charge in [-0.1, -0.05) is 0 Å². The monoisotopic (exact) mass is 137 g/mol. The highest BCUT2D eigenvalue weighted by atomic mass is 19.1. The summed E-state index contributed by atoms with van der Waals surface area (Å²) in [6.45, 7) is 0.521. The number of unbranched alkanes of at least 4 members (excludes halogenated alkanes) is 1. The van der Waals surface area contributed by atoms with Gasteiger partial charge in [0.05, 0.1) is 6.67 Å². The second kappa shape index (κ2) is 7.82. The Morgan fingerprint density at radius 3 is 2.22 bits per heavy atom. The van der Waals surface area contributed by atoms with Gasteiger partial charge in [-0.05, 0) is 19.4 Å². The Kier molecular flexibility index (Phi) is 7.66. The summed E-state index contributed by atoms with van der Waals surface area (Å²) in [5, 5.41) is 2.83. The van der Waals surface area contributed by atoms with Crippen LogP contribution in [0.2, 0.25) is 0 Å². The number of halogens is 2. The van der Waals surface area contributed by atoms with Crippen molar-refractivity contribution in [1.82, 2.24) is 5.32 Å². The number of hydrogen-bond acceptors (Lipinski definition) is 1. The number of nitrogens with one attached hydrogen (secondary N) is 1. The molecule has 0 atom stereocenters. The lowest BCUT2D eigenvalue weighted by atomic mass is 10.3. The molecule has 0 aromatic heterocycles. The van der Waals surface area contributed by atoms with Crippen LogP contribution in [0.4, 0.5) is 8.78 Å². The molecule has 0 saturated carbocycles. The molecule has 0 saturated heterocycles. The first-order valence-electron chi connectivity index (χ1n) is 3.24. The van der Waals surface area contributed by atoms with E-state index in [-0.39, 0.29) is 13.3 Å². The molecule has 9 heavy (non-hydrogen) atoms. The van der Waals surface area contributed by atoms with E-state index in [1.165, 1.54) is 0 Å². The summed E-state index contributed by atoms with van der Waals surface area (Å²) in [5.74, 6) is 0. The third-order valence-corrected chi connectivity index (χ3v) is 1.01. The highest BCUT2D eigenvalue weighted by molar-refractivity contribution is 4.45. The molecular formula is C6H13F2N. The van der Waals surface area contributed by atoms with E-state index in [0.29, 0.717) is 13.0 Å². The Labute approximate surface area is 54.4 Å². The van der Waals surface area contributed by atoms with Crippen LogP contribution in [0.25, 0.3) is 0 Å². The second-order valence-electron chi connectivity index (χ2n) is 1.84. The van der Waals surface area contributed by atoms with Crippen molar-refractivity contribution in [3.8, 4) is 0 Å². The van der Waals surface area contributed by atoms with E-state index in [1.807, 2.05) is 0 Å². The van der Waals surface area contributed by atoms with Crippen molar-refractivity contribution in [2.45, 2.75) is 12.8 Å². The van der Waals surface area contributed by atoms with Crippen LogP contribution >= 0.6 is 0 Å². The van der Waals surface area contributed by atoms with E-state index in [1.54, 1.807) is 0 Å². The zero-order valence-electron chi connectivity index (χ0n) is 5.50. The molecule has 0 aromatic carbocycles. The summed E-state index contributed by atoms with van der Waals surface area (Å²) in [4.78, 5) is 0. The lowest BCUT2D eigenvalue weighted by Gasteiger charge is -1.97. The maximum absolute atomic E-state index is 11.4. The molecule has 0 aliphatic rings. The van der Waals surface area contributed by atoms with E-state index in [0.717, 1.165) is 13.0 Å². The van der Waals surface area contributed by atoms with Crippen LogP contribution in [0.15, 0.2) is 0 Å². The molecule has 0 aliphatic heterocycles. The molecule has 1 N–H and O–H groups in total. The Bertz CT molecular complexity index is 44.3. The SMILES string of the molecule is FCCCCNCCF. The summed E-state index contributed by atoms with van der Waals surface area (Å²) >= 11 is 0. The first-order valence-corrected chi connectivity index (χ1v) is 3.24. The first kappa shape index (κ1) is 8.82. The quantitative estimate of drug-likeness (QED) is 0.544. The highest BCUT2D eigenvalue weighted by Gasteiger charge is 1.86. The molecule has 0 unspecified atom stereocenters. The zero-order valence-corrected chi connectivity index (χ0v) is 5.50. The third kappa shape index (κ3) is 7.82. The molecule has 0 bridgehead atoms. The van der Waals surface area contributed by atoms with Gasteiger partial charge in [-0.2, -0.15) is 0 Å². The molecule has 0 rings (SSSR count). The van der Waals surface area contributed by atoms with Crippen LogP contribution in [0, 0.1) is 0 Å². The number of rotatable bonds is 6. The second-order valence-corrected chi connectivity index (χ2v) is 1.84. The first-order chi connectivity index (χ1) is 4.41. The van der Waals surface area contributed by atoms with Gasteiger partial charge in [0.25, 0.3) is 0 Å². The Morgan fingerprint density at radius 1 is 0.889 bits per heavy atom. The van der Waals surface area contributed by atoms with E-state index >= 15 is 0 Å². The van der Waals surface area contributed by atoms with Crippen molar-refractivity contribution in [2.75, 3.05) is 26.4 Å². The predicted octanol–water partition coefficient (Wildman–Crippen LogP) is 1.30. The molecule has 0 heterocycles. The van der Waals surface area contributed by atoms with Crippen molar-refractivity contribution < 1.29 is 8.78 Å². The van der Waals surface area contributed by atoms with Gasteiger partial charge in [0, 0.05) is 6.54 Å². The molecule has 0 amide bonds. The standard InChI is InChI=1S/C6H13F2N/c7-3-1-2-5-9-6-4-8/h9H,1-6H2. The van der Waals surface area contributed by atoms with Crippen LogP contribution in [-0.2, 0) is 0 Å². The average Bonchev–Trinajstić information content (AvgIpc) is 1.89. The minimum Gasteiger partial charge on any atom is -0.314 e. The van der Waals surface area contributed by atoms with Gasteiger partial charge in [0.1, 0.15) is 6.67 Å². The highest BCUT2D eigenvalue weighted by Crippen LogP contribution is 1.85. The fourth-order valence-corrected chi connectivity index (χ4v) is 0.536. The minimum atomic E-state index is -0.338. The van der Waals surface area contributed by atoms with Gasteiger partial charge >= 0.3 is 0 Å². The van der Waals surface area contributed by atoms with Crippen LogP contribution < -0.4 is 5.32 Å². The summed E-state index contributed by atoms with van der Waals surface area (Å²) < 4.78 is 22.8. The number of alkyl halides is 2. The summed E-state index contributed by atoms with van der Waals surface area (Å²) in [5.41, 5.74) is 0. The number of hydrogen-bond donors (Lipinski definition) is 1. The Morgan fingerprint density at radius 2 is 1.67 bits per heavy atom. The molecule has 0 spiro atoms. The summed E-state index contributed by atoms with van der Waals surface area (Å²) in [6.07, 6.45) is 1.38. The molecule has 0 aromatic rings.